The summed E-state index contributed by atoms with van der Waals surface area (Å²) in [5, 5.41) is 2.79. The van der Waals surface area contributed by atoms with Crippen molar-refractivity contribution in [1.29, 1.82) is 0 Å². The fourth-order valence-corrected chi connectivity index (χ4v) is 2.76. The Kier molecular flexibility index (Phi) is 6.07. The number of hydrogen-bond acceptors (Lipinski definition) is 4. The Morgan fingerprint density at radius 3 is 2.21 bits per heavy atom. The van der Waals surface area contributed by atoms with Crippen molar-refractivity contribution in [1.82, 2.24) is 0 Å². The molecule has 142 valence electrons. The van der Waals surface area contributed by atoms with E-state index in [2.05, 4.69) is 5.32 Å². The van der Waals surface area contributed by atoms with Crippen LogP contribution in [0.1, 0.15) is 17.3 Å². The zero-order valence-electron chi connectivity index (χ0n) is 15.8. The van der Waals surface area contributed by atoms with Gasteiger partial charge in [0.2, 0.25) is 0 Å². The van der Waals surface area contributed by atoms with Gasteiger partial charge in [0.05, 0.1) is 12.7 Å². The van der Waals surface area contributed by atoms with Crippen LogP contribution >= 0.6 is 0 Å². The molecule has 0 fully saturated rings. The number of Topliss-reactive ketones (excluding diaryl/α,β-unsaturated/α-hetero) is 1. The van der Waals surface area contributed by atoms with Gasteiger partial charge in [-0.25, -0.2) is 0 Å². The molecule has 0 bridgehead atoms. The Morgan fingerprint density at radius 1 is 0.893 bits per heavy atom. The molecule has 0 saturated heterocycles. The number of hydrogen-bond donors (Lipinski definition) is 1. The third-order valence-electron chi connectivity index (χ3n) is 4.20. The summed E-state index contributed by atoms with van der Waals surface area (Å²) < 4.78 is 10.7. The second kappa shape index (κ2) is 8.86. The Hall–Kier alpha value is -3.60. The summed E-state index contributed by atoms with van der Waals surface area (Å²) >= 11 is 0. The van der Waals surface area contributed by atoms with Gasteiger partial charge in [-0.3, -0.25) is 9.59 Å². The highest BCUT2D eigenvalue weighted by Crippen LogP contribution is 2.25. The van der Waals surface area contributed by atoms with E-state index in [1.807, 2.05) is 54.6 Å². The molecular weight excluding hydrogens is 354 g/mol. The summed E-state index contributed by atoms with van der Waals surface area (Å²) in [4.78, 5) is 24.0. The number of carbonyl (C=O) groups excluding carboxylic acids is 2. The second-order valence-electron chi connectivity index (χ2n) is 6.20. The van der Waals surface area contributed by atoms with Crippen molar-refractivity contribution in [2.45, 2.75) is 6.92 Å². The molecule has 0 saturated carbocycles. The van der Waals surface area contributed by atoms with E-state index in [1.165, 1.54) is 14.0 Å². The Bertz CT molecular complexity index is 966. The Morgan fingerprint density at radius 2 is 1.57 bits per heavy atom. The minimum Gasteiger partial charge on any atom is -0.497 e. The highest BCUT2D eigenvalue weighted by Gasteiger charge is 2.12. The van der Waals surface area contributed by atoms with Crippen LogP contribution in [-0.4, -0.2) is 25.4 Å². The molecule has 1 amide bonds. The van der Waals surface area contributed by atoms with Crippen molar-refractivity contribution < 1.29 is 19.1 Å². The monoisotopic (exact) mass is 375 g/mol. The molecule has 0 aliphatic carbocycles. The van der Waals surface area contributed by atoms with Gasteiger partial charge in [0.1, 0.15) is 11.5 Å². The molecule has 0 spiro atoms. The highest BCUT2D eigenvalue weighted by molar-refractivity contribution is 5.97. The molecule has 1 N–H and O–H groups in total. The molecule has 28 heavy (non-hydrogen) atoms. The van der Waals surface area contributed by atoms with Gasteiger partial charge in [-0.2, -0.15) is 0 Å². The average Bonchev–Trinajstić information content (AvgIpc) is 2.73. The lowest BCUT2D eigenvalue weighted by atomic mass is 10.1. The number of ether oxygens (including phenoxy) is 2. The number of carbonyl (C=O) groups is 2. The first-order valence-electron chi connectivity index (χ1n) is 8.84. The number of nitrogens with one attached hydrogen (secondary N) is 1. The van der Waals surface area contributed by atoms with Crippen molar-refractivity contribution >= 4 is 17.4 Å². The molecule has 0 atom stereocenters. The first kappa shape index (κ1) is 19.2. The molecule has 0 unspecified atom stereocenters. The van der Waals surface area contributed by atoms with Crippen LogP contribution in [0.2, 0.25) is 0 Å². The van der Waals surface area contributed by atoms with Crippen molar-refractivity contribution in [3.63, 3.8) is 0 Å². The van der Waals surface area contributed by atoms with Gasteiger partial charge in [0.25, 0.3) is 5.91 Å². The van der Waals surface area contributed by atoms with Gasteiger partial charge < -0.3 is 14.8 Å². The standard InChI is InChI=1S/C23H21NO4/c1-16(25)21-13-12-20(27-2)14-22(21)28-15-23(26)24-19-10-8-18(9-11-19)17-6-4-3-5-7-17/h3-14H,15H2,1-2H3,(H,24,26). The van der Waals surface area contributed by atoms with Crippen LogP contribution in [0, 0.1) is 0 Å². The normalized spacial score (nSPS) is 10.2. The lowest BCUT2D eigenvalue weighted by Gasteiger charge is -2.12. The molecular formula is C23H21NO4. The summed E-state index contributed by atoms with van der Waals surface area (Å²) in [6.45, 7) is 1.23. The minimum absolute atomic E-state index is 0.144. The quantitative estimate of drug-likeness (QED) is 0.614. The second-order valence-corrected chi connectivity index (χ2v) is 6.20. The van der Waals surface area contributed by atoms with E-state index in [-0.39, 0.29) is 18.3 Å². The van der Waals surface area contributed by atoms with E-state index in [0.717, 1.165) is 11.1 Å². The number of anilines is 1. The smallest absolute Gasteiger partial charge is 0.262 e. The molecule has 3 aromatic rings. The largest absolute Gasteiger partial charge is 0.497 e. The zero-order valence-corrected chi connectivity index (χ0v) is 15.8. The SMILES string of the molecule is COc1ccc(C(C)=O)c(OCC(=O)Nc2ccc(-c3ccccc3)cc2)c1. The van der Waals surface area contributed by atoms with Gasteiger partial charge in [-0.15, -0.1) is 0 Å². The predicted molar refractivity (Wildman–Crippen MR) is 109 cm³/mol. The summed E-state index contributed by atoms with van der Waals surface area (Å²) in [6.07, 6.45) is 0. The maximum atomic E-state index is 12.2. The maximum Gasteiger partial charge on any atom is 0.262 e. The topological polar surface area (TPSA) is 64.6 Å². The van der Waals surface area contributed by atoms with Crippen molar-refractivity contribution in [2.24, 2.45) is 0 Å². The molecule has 0 aliphatic rings. The van der Waals surface area contributed by atoms with Gasteiger partial charge in [-0.1, -0.05) is 42.5 Å². The first-order valence-corrected chi connectivity index (χ1v) is 8.84. The van der Waals surface area contributed by atoms with E-state index >= 15 is 0 Å². The number of ketones is 1. The van der Waals surface area contributed by atoms with Crippen LogP contribution in [0.4, 0.5) is 5.69 Å². The van der Waals surface area contributed by atoms with Crippen LogP contribution < -0.4 is 14.8 Å². The van der Waals surface area contributed by atoms with E-state index in [0.29, 0.717) is 22.7 Å². The third-order valence-corrected chi connectivity index (χ3v) is 4.20. The molecule has 0 aliphatic heterocycles. The number of benzene rings is 3. The van der Waals surface area contributed by atoms with Crippen LogP contribution in [-0.2, 0) is 4.79 Å². The van der Waals surface area contributed by atoms with E-state index < -0.39 is 0 Å². The number of methoxy groups -OCH3 is 1. The summed E-state index contributed by atoms with van der Waals surface area (Å²) in [6, 6.07) is 22.5. The van der Waals surface area contributed by atoms with Gasteiger partial charge in [0, 0.05) is 11.8 Å². The van der Waals surface area contributed by atoms with Crippen LogP contribution in [0.25, 0.3) is 11.1 Å². The van der Waals surface area contributed by atoms with E-state index in [9.17, 15) is 9.59 Å². The molecule has 0 heterocycles. The lowest BCUT2D eigenvalue weighted by molar-refractivity contribution is -0.118. The van der Waals surface area contributed by atoms with Crippen LogP contribution in [0.5, 0.6) is 11.5 Å². The van der Waals surface area contributed by atoms with E-state index in [1.54, 1.807) is 18.2 Å². The van der Waals surface area contributed by atoms with Crippen molar-refractivity contribution in [3.8, 4) is 22.6 Å². The lowest BCUT2D eigenvalue weighted by Crippen LogP contribution is -2.20. The molecule has 5 nitrogen and oxygen atoms in total. The molecule has 0 aromatic heterocycles. The number of rotatable bonds is 7. The fourth-order valence-electron chi connectivity index (χ4n) is 2.76. The minimum atomic E-state index is -0.315. The molecule has 5 heteroatoms. The summed E-state index contributed by atoms with van der Waals surface area (Å²) in [7, 11) is 1.53. The number of amides is 1. The predicted octanol–water partition coefficient (Wildman–Crippen LogP) is 4.58. The van der Waals surface area contributed by atoms with Crippen LogP contribution in [0.15, 0.2) is 72.8 Å². The Labute approximate surface area is 163 Å². The average molecular weight is 375 g/mol. The van der Waals surface area contributed by atoms with Gasteiger partial charge in [0.15, 0.2) is 12.4 Å². The summed E-state index contributed by atoms with van der Waals surface area (Å²) in [5.41, 5.74) is 3.25. The molecule has 0 radical (unpaired) electrons. The summed E-state index contributed by atoms with van der Waals surface area (Å²) in [5.74, 6) is 0.415. The maximum absolute atomic E-state index is 12.2. The molecule has 3 aromatic carbocycles. The highest BCUT2D eigenvalue weighted by atomic mass is 16.5. The van der Waals surface area contributed by atoms with Crippen molar-refractivity contribution in [3.05, 3.63) is 78.4 Å². The van der Waals surface area contributed by atoms with Gasteiger partial charge in [-0.05, 0) is 42.3 Å². The third kappa shape index (κ3) is 4.76. The first-order chi connectivity index (χ1) is 13.6. The van der Waals surface area contributed by atoms with Gasteiger partial charge >= 0.3 is 0 Å². The van der Waals surface area contributed by atoms with Crippen LogP contribution in [0.3, 0.4) is 0 Å². The molecule has 3 rings (SSSR count). The zero-order chi connectivity index (χ0) is 19.9. The van der Waals surface area contributed by atoms with E-state index in [4.69, 9.17) is 9.47 Å². The van der Waals surface area contributed by atoms with Crippen molar-refractivity contribution in [2.75, 3.05) is 19.0 Å². The Balaban J connectivity index is 1.63. The fraction of sp³-hybridized carbons (Fsp3) is 0.130.